The molecule has 0 fully saturated rings. The molecule has 0 saturated carbocycles. The number of hydrogen-bond acceptors (Lipinski definition) is 2. The van der Waals surface area contributed by atoms with Gasteiger partial charge in [0.15, 0.2) is 0 Å². The molecule has 1 rings (SSSR count). The summed E-state index contributed by atoms with van der Waals surface area (Å²) in [6.45, 7) is 1.99. The molecular formula is C8H13N3O. The maximum absolute atomic E-state index is 11.3. The molecule has 4 nitrogen and oxygen atoms in total. The number of rotatable bonds is 2. The van der Waals surface area contributed by atoms with Gasteiger partial charge >= 0.3 is 0 Å². The van der Waals surface area contributed by atoms with Crippen molar-refractivity contribution in [2.24, 2.45) is 0 Å². The predicted octanol–water partition coefficient (Wildman–Crippen LogP) is 0.674. The van der Waals surface area contributed by atoms with Gasteiger partial charge in [-0.25, -0.2) is 4.98 Å². The Labute approximate surface area is 71.6 Å². The van der Waals surface area contributed by atoms with Gasteiger partial charge < -0.3 is 9.88 Å². The van der Waals surface area contributed by atoms with E-state index in [9.17, 15) is 4.79 Å². The van der Waals surface area contributed by atoms with Gasteiger partial charge in [-0.15, -0.1) is 0 Å². The van der Waals surface area contributed by atoms with Crippen molar-refractivity contribution in [2.75, 3.05) is 14.1 Å². The molecule has 0 radical (unpaired) electrons. The highest BCUT2D eigenvalue weighted by atomic mass is 16.2. The van der Waals surface area contributed by atoms with E-state index in [1.165, 1.54) is 4.90 Å². The summed E-state index contributed by atoms with van der Waals surface area (Å²) in [5, 5.41) is 0. The van der Waals surface area contributed by atoms with Crippen LogP contribution in [0.25, 0.3) is 0 Å². The number of amides is 1. The van der Waals surface area contributed by atoms with Crippen LogP contribution in [0.4, 0.5) is 0 Å². The summed E-state index contributed by atoms with van der Waals surface area (Å²) in [5.74, 6) is 0.808. The van der Waals surface area contributed by atoms with Gasteiger partial charge in [0.25, 0.3) is 5.91 Å². The van der Waals surface area contributed by atoms with Gasteiger partial charge in [-0.2, -0.15) is 0 Å². The van der Waals surface area contributed by atoms with Crippen molar-refractivity contribution in [1.82, 2.24) is 14.9 Å². The van der Waals surface area contributed by atoms with Gasteiger partial charge in [0, 0.05) is 20.5 Å². The fraction of sp³-hybridized carbons (Fsp3) is 0.500. The van der Waals surface area contributed by atoms with E-state index < -0.39 is 0 Å². The molecule has 1 N–H and O–H groups in total. The summed E-state index contributed by atoms with van der Waals surface area (Å²) in [6.07, 6.45) is 2.39. The molecule has 1 amide bonds. The standard InChI is InChI=1S/C8H13N3O/c1-4-7-9-5-6(10-7)8(12)11(2)3/h5H,4H2,1-3H3,(H,9,10). The van der Waals surface area contributed by atoms with Crippen molar-refractivity contribution in [3.05, 3.63) is 17.7 Å². The highest BCUT2D eigenvalue weighted by Gasteiger charge is 2.09. The van der Waals surface area contributed by atoms with Crippen molar-refractivity contribution in [3.63, 3.8) is 0 Å². The zero-order valence-electron chi connectivity index (χ0n) is 7.59. The van der Waals surface area contributed by atoms with E-state index in [4.69, 9.17) is 0 Å². The molecule has 0 spiro atoms. The topological polar surface area (TPSA) is 49.0 Å². The van der Waals surface area contributed by atoms with Crippen molar-refractivity contribution in [1.29, 1.82) is 0 Å². The SMILES string of the molecule is CCc1ncc(C(=O)N(C)C)[nH]1. The zero-order chi connectivity index (χ0) is 9.14. The fourth-order valence-electron chi connectivity index (χ4n) is 0.892. The van der Waals surface area contributed by atoms with Crippen LogP contribution in [0.3, 0.4) is 0 Å². The van der Waals surface area contributed by atoms with E-state index in [2.05, 4.69) is 9.97 Å². The first-order valence-corrected chi connectivity index (χ1v) is 3.90. The van der Waals surface area contributed by atoms with Crippen LogP contribution < -0.4 is 0 Å². The van der Waals surface area contributed by atoms with E-state index in [1.807, 2.05) is 6.92 Å². The number of aryl methyl sites for hydroxylation is 1. The molecular weight excluding hydrogens is 154 g/mol. The van der Waals surface area contributed by atoms with Crippen LogP contribution in [0, 0.1) is 0 Å². The monoisotopic (exact) mass is 167 g/mol. The molecule has 0 aliphatic rings. The number of carbonyl (C=O) groups excluding carboxylic acids is 1. The van der Waals surface area contributed by atoms with E-state index >= 15 is 0 Å². The highest BCUT2D eigenvalue weighted by Crippen LogP contribution is 1.99. The molecule has 0 aliphatic carbocycles. The molecule has 0 atom stereocenters. The predicted molar refractivity (Wildman–Crippen MR) is 46.0 cm³/mol. The second-order valence-electron chi connectivity index (χ2n) is 2.80. The average Bonchev–Trinajstić information content (AvgIpc) is 2.50. The van der Waals surface area contributed by atoms with Gasteiger partial charge in [0.2, 0.25) is 0 Å². The van der Waals surface area contributed by atoms with Gasteiger partial charge in [-0.1, -0.05) is 6.92 Å². The third-order valence-electron chi connectivity index (χ3n) is 1.60. The molecule has 4 heteroatoms. The Kier molecular flexibility index (Phi) is 2.47. The number of nitrogens with one attached hydrogen (secondary N) is 1. The Morgan fingerprint density at radius 2 is 2.33 bits per heavy atom. The molecule has 0 unspecified atom stereocenters. The average molecular weight is 167 g/mol. The van der Waals surface area contributed by atoms with Crippen LogP contribution >= 0.6 is 0 Å². The second-order valence-corrected chi connectivity index (χ2v) is 2.80. The Hall–Kier alpha value is -1.32. The minimum absolute atomic E-state index is 0.0396. The first kappa shape index (κ1) is 8.77. The molecule has 0 bridgehead atoms. The summed E-state index contributed by atoms with van der Waals surface area (Å²) >= 11 is 0. The van der Waals surface area contributed by atoms with Crippen LogP contribution in [-0.4, -0.2) is 34.9 Å². The maximum Gasteiger partial charge on any atom is 0.271 e. The normalized spacial score (nSPS) is 9.92. The highest BCUT2D eigenvalue weighted by molar-refractivity contribution is 5.91. The van der Waals surface area contributed by atoms with Crippen LogP contribution in [0.15, 0.2) is 6.20 Å². The Balaban J connectivity index is 2.82. The molecule has 12 heavy (non-hydrogen) atoms. The van der Waals surface area contributed by atoms with Crippen molar-refractivity contribution in [3.8, 4) is 0 Å². The summed E-state index contributed by atoms with van der Waals surface area (Å²) in [5.41, 5.74) is 0.553. The summed E-state index contributed by atoms with van der Waals surface area (Å²) < 4.78 is 0. The van der Waals surface area contributed by atoms with Crippen LogP contribution in [0.2, 0.25) is 0 Å². The van der Waals surface area contributed by atoms with Crippen LogP contribution in [0.5, 0.6) is 0 Å². The van der Waals surface area contributed by atoms with E-state index in [-0.39, 0.29) is 5.91 Å². The third kappa shape index (κ3) is 1.64. The molecule has 1 heterocycles. The van der Waals surface area contributed by atoms with Gasteiger partial charge in [0.05, 0.1) is 6.20 Å². The molecule has 1 aromatic rings. The second kappa shape index (κ2) is 3.38. The number of carbonyl (C=O) groups is 1. The van der Waals surface area contributed by atoms with Gasteiger partial charge in [0.1, 0.15) is 11.5 Å². The largest absolute Gasteiger partial charge is 0.343 e. The van der Waals surface area contributed by atoms with Gasteiger partial charge in [-0.3, -0.25) is 4.79 Å². The summed E-state index contributed by atoms with van der Waals surface area (Å²) in [6, 6.07) is 0. The fourth-order valence-corrected chi connectivity index (χ4v) is 0.892. The quantitative estimate of drug-likeness (QED) is 0.704. The lowest BCUT2D eigenvalue weighted by Crippen LogP contribution is -2.21. The lowest BCUT2D eigenvalue weighted by molar-refractivity contribution is 0.0822. The van der Waals surface area contributed by atoms with Crippen LogP contribution in [0.1, 0.15) is 23.2 Å². The van der Waals surface area contributed by atoms with Crippen molar-refractivity contribution >= 4 is 5.91 Å². The number of H-pyrrole nitrogens is 1. The number of aromatic amines is 1. The number of imidazole rings is 1. The summed E-state index contributed by atoms with van der Waals surface area (Å²) in [4.78, 5) is 19.8. The molecule has 0 aromatic carbocycles. The Morgan fingerprint density at radius 1 is 1.67 bits per heavy atom. The van der Waals surface area contributed by atoms with E-state index in [1.54, 1.807) is 20.3 Å². The molecule has 66 valence electrons. The number of hydrogen-bond donors (Lipinski definition) is 1. The third-order valence-corrected chi connectivity index (χ3v) is 1.60. The van der Waals surface area contributed by atoms with E-state index in [0.29, 0.717) is 5.69 Å². The molecule has 1 aromatic heterocycles. The number of nitrogens with zero attached hydrogens (tertiary/aromatic N) is 2. The Morgan fingerprint density at radius 3 is 2.75 bits per heavy atom. The molecule has 0 aliphatic heterocycles. The maximum atomic E-state index is 11.3. The smallest absolute Gasteiger partial charge is 0.271 e. The minimum Gasteiger partial charge on any atom is -0.343 e. The van der Waals surface area contributed by atoms with Crippen molar-refractivity contribution in [2.45, 2.75) is 13.3 Å². The zero-order valence-corrected chi connectivity index (χ0v) is 7.59. The first-order valence-electron chi connectivity index (χ1n) is 3.90. The Bertz CT molecular complexity index is 278. The molecule has 0 saturated heterocycles. The van der Waals surface area contributed by atoms with E-state index in [0.717, 1.165) is 12.2 Å². The van der Waals surface area contributed by atoms with Gasteiger partial charge in [-0.05, 0) is 0 Å². The van der Waals surface area contributed by atoms with Crippen molar-refractivity contribution < 1.29 is 4.79 Å². The first-order chi connectivity index (χ1) is 5.65. The lowest BCUT2D eigenvalue weighted by Gasteiger charge is -2.06. The number of aromatic nitrogens is 2. The summed E-state index contributed by atoms with van der Waals surface area (Å²) in [7, 11) is 3.43. The van der Waals surface area contributed by atoms with Crippen LogP contribution in [-0.2, 0) is 6.42 Å². The lowest BCUT2D eigenvalue weighted by atomic mass is 10.4. The minimum atomic E-state index is -0.0396.